The number of rotatable bonds is 3. The molecule has 0 saturated carbocycles. The van der Waals surface area contributed by atoms with Crippen molar-refractivity contribution < 1.29 is 14.2 Å². The Labute approximate surface area is 133 Å². The van der Waals surface area contributed by atoms with Gasteiger partial charge in [-0.2, -0.15) is 10.2 Å². The van der Waals surface area contributed by atoms with Gasteiger partial charge in [-0.25, -0.2) is 0 Å². The molecule has 118 valence electrons. The molecule has 23 heavy (non-hydrogen) atoms. The molecule has 1 aliphatic rings. The number of fused-ring (bicyclic) bond motifs is 1. The Hall–Kier alpha value is -3.14. The van der Waals surface area contributed by atoms with Crippen LogP contribution in [0.15, 0.2) is 29.7 Å². The lowest BCUT2D eigenvalue weighted by Gasteiger charge is -2.24. The first-order valence-corrected chi connectivity index (χ1v) is 6.95. The highest BCUT2D eigenvalue weighted by Crippen LogP contribution is 2.44. The summed E-state index contributed by atoms with van der Waals surface area (Å²) in [5.74, 6) is 1.92. The highest BCUT2D eigenvalue weighted by molar-refractivity contribution is 5.56. The zero-order valence-corrected chi connectivity index (χ0v) is 13.0. The molecular weight excluding hydrogens is 296 g/mol. The van der Waals surface area contributed by atoms with Crippen molar-refractivity contribution in [1.29, 1.82) is 5.26 Å². The van der Waals surface area contributed by atoms with Crippen LogP contribution in [0, 0.1) is 18.3 Å². The normalized spacial score (nSPS) is 16.3. The van der Waals surface area contributed by atoms with E-state index >= 15 is 0 Å². The van der Waals surface area contributed by atoms with Crippen LogP contribution in [0.3, 0.4) is 0 Å². The molecule has 0 amide bonds. The van der Waals surface area contributed by atoms with E-state index in [1.54, 1.807) is 26.4 Å². The molecule has 1 aromatic heterocycles. The van der Waals surface area contributed by atoms with Gasteiger partial charge in [0.2, 0.25) is 11.8 Å². The highest BCUT2D eigenvalue weighted by atomic mass is 16.5. The fraction of sp³-hybridized carbons (Fsp3) is 0.250. The Morgan fingerprint density at radius 1 is 1.35 bits per heavy atom. The van der Waals surface area contributed by atoms with Gasteiger partial charge in [-0.05, 0) is 13.0 Å². The SMILES string of the molecule is COc1ccc(C2C(C#N)=C(N)Oc3nc(C)[nH]c32)c(OC)c1. The van der Waals surface area contributed by atoms with E-state index in [1.165, 1.54) is 0 Å². The summed E-state index contributed by atoms with van der Waals surface area (Å²) >= 11 is 0. The third kappa shape index (κ3) is 2.34. The number of hydrogen-bond donors (Lipinski definition) is 2. The number of H-pyrrole nitrogens is 1. The number of aryl methyl sites for hydroxylation is 1. The summed E-state index contributed by atoms with van der Waals surface area (Å²) in [5, 5.41) is 9.52. The van der Waals surface area contributed by atoms with Crippen LogP contribution >= 0.6 is 0 Å². The minimum Gasteiger partial charge on any atom is -0.497 e. The molecule has 0 radical (unpaired) electrons. The van der Waals surface area contributed by atoms with Gasteiger partial charge in [0.05, 0.1) is 25.8 Å². The number of nitrogens with zero attached hydrogens (tertiary/aromatic N) is 2. The fourth-order valence-corrected chi connectivity index (χ4v) is 2.70. The molecule has 7 heteroatoms. The average molecular weight is 312 g/mol. The van der Waals surface area contributed by atoms with Crippen molar-refractivity contribution >= 4 is 0 Å². The Morgan fingerprint density at radius 2 is 2.13 bits per heavy atom. The molecular formula is C16H16N4O3. The summed E-state index contributed by atoms with van der Waals surface area (Å²) in [6, 6.07) is 7.54. The first-order chi connectivity index (χ1) is 11.1. The van der Waals surface area contributed by atoms with Crippen molar-refractivity contribution in [3.05, 3.63) is 46.7 Å². The maximum absolute atomic E-state index is 9.52. The monoisotopic (exact) mass is 312 g/mol. The van der Waals surface area contributed by atoms with Crippen LogP contribution in [-0.2, 0) is 0 Å². The van der Waals surface area contributed by atoms with Gasteiger partial charge < -0.3 is 24.9 Å². The number of allylic oxidation sites excluding steroid dienone is 1. The first-order valence-electron chi connectivity index (χ1n) is 6.95. The van der Waals surface area contributed by atoms with E-state index < -0.39 is 5.92 Å². The summed E-state index contributed by atoms with van der Waals surface area (Å²) in [5.41, 5.74) is 7.67. The van der Waals surface area contributed by atoms with Crippen LogP contribution in [-0.4, -0.2) is 24.2 Å². The van der Waals surface area contributed by atoms with Crippen molar-refractivity contribution in [3.63, 3.8) is 0 Å². The number of imidazole rings is 1. The molecule has 1 unspecified atom stereocenters. The second-order valence-corrected chi connectivity index (χ2v) is 5.07. The Balaban J connectivity index is 2.22. The maximum Gasteiger partial charge on any atom is 0.243 e. The molecule has 0 aliphatic carbocycles. The number of nitriles is 1. The molecule has 1 aromatic carbocycles. The predicted octanol–water partition coefficient (Wildman–Crippen LogP) is 1.95. The Bertz CT molecular complexity index is 832. The van der Waals surface area contributed by atoms with Gasteiger partial charge in [-0.1, -0.05) is 6.07 Å². The lowest BCUT2D eigenvalue weighted by molar-refractivity contribution is 0.373. The summed E-state index contributed by atoms with van der Waals surface area (Å²) in [4.78, 5) is 7.41. The zero-order valence-electron chi connectivity index (χ0n) is 13.0. The maximum atomic E-state index is 9.52. The topological polar surface area (TPSA) is 106 Å². The summed E-state index contributed by atoms with van der Waals surface area (Å²) in [6.45, 7) is 1.81. The molecule has 2 aromatic rings. The van der Waals surface area contributed by atoms with Gasteiger partial charge in [0.1, 0.15) is 29.0 Å². The molecule has 1 atom stereocenters. The summed E-state index contributed by atoms with van der Waals surface area (Å²) < 4.78 is 16.1. The van der Waals surface area contributed by atoms with E-state index in [0.717, 1.165) is 5.56 Å². The smallest absolute Gasteiger partial charge is 0.243 e. The number of ether oxygens (including phenoxy) is 3. The second-order valence-electron chi connectivity index (χ2n) is 5.07. The molecule has 3 N–H and O–H groups in total. The number of nitrogens with two attached hydrogens (primary N) is 1. The number of nitrogens with one attached hydrogen (secondary N) is 1. The van der Waals surface area contributed by atoms with Gasteiger partial charge >= 0.3 is 0 Å². The van der Waals surface area contributed by atoms with Gasteiger partial charge in [-0.15, -0.1) is 0 Å². The van der Waals surface area contributed by atoms with Crippen LogP contribution in [0.4, 0.5) is 0 Å². The average Bonchev–Trinajstić information content (AvgIpc) is 2.92. The molecule has 2 heterocycles. The fourth-order valence-electron chi connectivity index (χ4n) is 2.70. The minimum atomic E-state index is -0.439. The molecule has 0 fully saturated rings. The van der Waals surface area contributed by atoms with Gasteiger partial charge in [-0.3, -0.25) is 0 Å². The Kier molecular flexibility index (Phi) is 3.58. The van der Waals surface area contributed by atoms with Gasteiger partial charge in [0, 0.05) is 11.6 Å². The van der Waals surface area contributed by atoms with Crippen LogP contribution in [0.1, 0.15) is 23.0 Å². The van der Waals surface area contributed by atoms with E-state index in [2.05, 4.69) is 16.0 Å². The number of benzene rings is 1. The summed E-state index contributed by atoms with van der Waals surface area (Å²) in [6.07, 6.45) is 0. The van der Waals surface area contributed by atoms with E-state index in [4.69, 9.17) is 19.9 Å². The first kappa shape index (κ1) is 14.8. The number of methoxy groups -OCH3 is 2. The molecule has 0 bridgehead atoms. The molecule has 0 spiro atoms. The van der Waals surface area contributed by atoms with E-state index in [-0.39, 0.29) is 5.88 Å². The lowest BCUT2D eigenvalue weighted by atomic mass is 9.87. The minimum absolute atomic E-state index is 0.0503. The molecule has 7 nitrogen and oxygen atoms in total. The van der Waals surface area contributed by atoms with E-state index in [9.17, 15) is 5.26 Å². The van der Waals surface area contributed by atoms with Crippen LogP contribution in [0.25, 0.3) is 0 Å². The van der Waals surface area contributed by atoms with Crippen molar-refractivity contribution in [2.75, 3.05) is 14.2 Å². The predicted molar refractivity (Wildman–Crippen MR) is 82.2 cm³/mol. The number of hydrogen-bond acceptors (Lipinski definition) is 6. The molecule has 1 aliphatic heterocycles. The van der Waals surface area contributed by atoms with Crippen LogP contribution in [0.2, 0.25) is 0 Å². The third-order valence-electron chi connectivity index (χ3n) is 3.74. The van der Waals surface area contributed by atoms with Crippen LogP contribution < -0.4 is 19.9 Å². The van der Waals surface area contributed by atoms with E-state index in [1.807, 2.05) is 13.0 Å². The lowest BCUT2D eigenvalue weighted by Crippen LogP contribution is -2.21. The number of aromatic nitrogens is 2. The van der Waals surface area contributed by atoms with Gasteiger partial charge in [0.25, 0.3) is 0 Å². The quantitative estimate of drug-likeness (QED) is 0.897. The third-order valence-corrected chi connectivity index (χ3v) is 3.74. The van der Waals surface area contributed by atoms with Gasteiger partial charge in [0.15, 0.2) is 0 Å². The van der Waals surface area contributed by atoms with Crippen molar-refractivity contribution in [2.24, 2.45) is 5.73 Å². The largest absolute Gasteiger partial charge is 0.497 e. The molecule has 3 rings (SSSR count). The van der Waals surface area contributed by atoms with Crippen molar-refractivity contribution in [1.82, 2.24) is 9.97 Å². The molecule has 0 saturated heterocycles. The van der Waals surface area contributed by atoms with Crippen LogP contribution in [0.5, 0.6) is 17.4 Å². The second kappa shape index (κ2) is 5.57. The van der Waals surface area contributed by atoms with Crippen molar-refractivity contribution in [2.45, 2.75) is 12.8 Å². The van der Waals surface area contributed by atoms with E-state index in [0.29, 0.717) is 34.5 Å². The standard InChI is InChI=1S/C16H16N4O3/c1-8-19-14-13(11(7-17)15(18)23-16(14)20-8)10-5-4-9(21-2)6-12(10)22-3/h4-6,13H,18H2,1-3H3,(H,19,20). The Morgan fingerprint density at radius 3 is 2.78 bits per heavy atom. The number of aromatic amines is 1. The zero-order chi connectivity index (χ0) is 16.6. The summed E-state index contributed by atoms with van der Waals surface area (Å²) in [7, 11) is 3.15. The van der Waals surface area contributed by atoms with Crippen molar-refractivity contribution in [3.8, 4) is 23.4 Å². The highest BCUT2D eigenvalue weighted by Gasteiger charge is 2.35.